The quantitative estimate of drug-likeness (QED) is 0.523. The number of Topliss-reactive ketones (excluding diaryl/α,β-unsaturated/α-hetero) is 2. The smallest absolute Gasteiger partial charge is 0.328 e. The number of hydrogen-bond donors (Lipinski definition) is 1. The van der Waals surface area contributed by atoms with E-state index in [-0.39, 0.29) is 16.6 Å². The number of ketones is 2. The Morgan fingerprint density at radius 2 is 1.79 bits per heavy atom. The molecule has 0 amide bonds. The lowest BCUT2D eigenvalue weighted by molar-refractivity contribution is -0.132. The van der Waals surface area contributed by atoms with Crippen LogP contribution in [0, 0.1) is 22.7 Å². The van der Waals surface area contributed by atoms with Crippen molar-refractivity contribution >= 4 is 17.5 Å². The standard InChI is InChI=1S/C25H32O4/c1-16(8-9-22(28)29)6-5-7-17(2)23-20(27)15-21-24(3)13-11-19(26)14-18(24)10-12-25(21,23)4/h5-9,18,21H,10-15H2,1-4H3,(H,28,29). The van der Waals surface area contributed by atoms with Gasteiger partial charge in [-0.05, 0) is 55.9 Å². The zero-order valence-corrected chi connectivity index (χ0v) is 18.0. The van der Waals surface area contributed by atoms with Crippen LogP contribution in [0.5, 0.6) is 0 Å². The van der Waals surface area contributed by atoms with Crippen LogP contribution in [-0.2, 0) is 14.4 Å². The zero-order valence-electron chi connectivity index (χ0n) is 18.0. The molecule has 3 rings (SSSR count). The number of carboxylic acids is 1. The molecular formula is C25H32O4. The number of allylic oxidation sites excluding steroid dienone is 7. The van der Waals surface area contributed by atoms with Gasteiger partial charge in [-0.15, -0.1) is 0 Å². The molecule has 0 aromatic carbocycles. The van der Waals surface area contributed by atoms with Crippen molar-refractivity contribution in [3.63, 3.8) is 0 Å². The van der Waals surface area contributed by atoms with E-state index in [2.05, 4.69) is 13.8 Å². The van der Waals surface area contributed by atoms with E-state index in [0.717, 1.165) is 42.1 Å². The summed E-state index contributed by atoms with van der Waals surface area (Å²) in [6, 6.07) is 0. The second-order valence-electron chi connectivity index (χ2n) is 9.58. The predicted octanol–water partition coefficient (Wildman–Crippen LogP) is 5.21. The van der Waals surface area contributed by atoms with Gasteiger partial charge in [0.2, 0.25) is 0 Å². The molecule has 3 saturated carbocycles. The largest absolute Gasteiger partial charge is 0.478 e. The maximum Gasteiger partial charge on any atom is 0.328 e. The van der Waals surface area contributed by atoms with Crippen LogP contribution in [0.3, 0.4) is 0 Å². The van der Waals surface area contributed by atoms with Crippen molar-refractivity contribution < 1.29 is 19.5 Å². The van der Waals surface area contributed by atoms with E-state index in [0.29, 0.717) is 36.9 Å². The number of carbonyl (C=O) groups is 3. The van der Waals surface area contributed by atoms with Gasteiger partial charge in [0, 0.05) is 36.3 Å². The number of carboxylic acid groups (broad SMARTS) is 1. The minimum absolute atomic E-state index is 0.0699. The molecule has 0 radical (unpaired) electrons. The molecule has 4 unspecified atom stereocenters. The fourth-order valence-electron chi connectivity index (χ4n) is 6.21. The highest BCUT2D eigenvalue weighted by Gasteiger charge is 2.60. The third-order valence-corrected chi connectivity index (χ3v) is 7.75. The van der Waals surface area contributed by atoms with Crippen LogP contribution in [0.4, 0.5) is 0 Å². The van der Waals surface area contributed by atoms with Crippen LogP contribution in [-0.4, -0.2) is 22.6 Å². The Balaban J connectivity index is 1.88. The Labute approximate surface area is 173 Å². The van der Waals surface area contributed by atoms with Gasteiger partial charge < -0.3 is 5.11 Å². The highest BCUT2D eigenvalue weighted by molar-refractivity contribution is 6.01. The summed E-state index contributed by atoms with van der Waals surface area (Å²) in [6.45, 7) is 8.42. The van der Waals surface area contributed by atoms with Crippen LogP contribution < -0.4 is 0 Å². The van der Waals surface area contributed by atoms with E-state index >= 15 is 0 Å². The molecule has 1 N–H and O–H groups in total. The first-order valence-electron chi connectivity index (χ1n) is 10.6. The number of hydrogen-bond acceptors (Lipinski definition) is 3. The van der Waals surface area contributed by atoms with Crippen LogP contribution in [0.25, 0.3) is 0 Å². The van der Waals surface area contributed by atoms with E-state index < -0.39 is 5.97 Å². The molecule has 0 aliphatic heterocycles. The zero-order chi connectivity index (χ0) is 21.4. The van der Waals surface area contributed by atoms with Crippen molar-refractivity contribution in [3.8, 4) is 0 Å². The molecule has 3 aliphatic carbocycles. The first-order valence-corrected chi connectivity index (χ1v) is 10.6. The molecular weight excluding hydrogens is 364 g/mol. The third-order valence-electron chi connectivity index (χ3n) is 7.75. The fourth-order valence-corrected chi connectivity index (χ4v) is 6.21. The fraction of sp³-hybridized carbons (Fsp3) is 0.560. The summed E-state index contributed by atoms with van der Waals surface area (Å²) in [5.41, 5.74) is 2.74. The maximum atomic E-state index is 13.1. The first-order chi connectivity index (χ1) is 13.6. The number of fused-ring (bicyclic) bond motifs is 3. The minimum atomic E-state index is -0.968. The molecule has 4 heteroatoms. The van der Waals surface area contributed by atoms with Gasteiger partial charge in [-0.3, -0.25) is 9.59 Å². The summed E-state index contributed by atoms with van der Waals surface area (Å²) in [7, 11) is 0. The number of rotatable bonds is 4. The number of carbonyl (C=O) groups excluding carboxylic acids is 2. The molecule has 0 spiro atoms. The molecule has 4 atom stereocenters. The maximum absolute atomic E-state index is 13.1. The van der Waals surface area contributed by atoms with E-state index in [1.165, 1.54) is 0 Å². The van der Waals surface area contributed by atoms with E-state index in [1.54, 1.807) is 6.08 Å². The van der Waals surface area contributed by atoms with Crippen molar-refractivity contribution in [3.05, 3.63) is 47.1 Å². The Morgan fingerprint density at radius 3 is 2.48 bits per heavy atom. The van der Waals surface area contributed by atoms with Gasteiger partial charge in [-0.1, -0.05) is 43.7 Å². The van der Waals surface area contributed by atoms with Crippen LogP contribution in [0.1, 0.15) is 66.2 Å². The summed E-state index contributed by atoms with van der Waals surface area (Å²) in [6.07, 6.45) is 13.2. The molecule has 4 nitrogen and oxygen atoms in total. The summed E-state index contributed by atoms with van der Waals surface area (Å²) < 4.78 is 0. The second kappa shape index (κ2) is 7.89. The lowest BCUT2D eigenvalue weighted by atomic mass is 9.48. The highest BCUT2D eigenvalue weighted by atomic mass is 16.4. The molecule has 156 valence electrons. The summed E-state index contributed by atoms with van der Waals surface area (Å²) >= 11 is 0. The number of aliphatic carboxylic acids is 1. The molecule has 0 bridgehead atoms. The van der Waals surface area contributed by atoms with Gasteiger partial charge in [0.25, 0.3) is 0 Å². The average Bonchev–Trinajstić information content (AvgIpc) is 2.92. The van der Waals surface area contributed by atoms with E-state index in [9.17, 15) is 14.4 Å². The lowest BCUT2D eigenvalue weighted by Gasteiger charge is -2.55. The van der Waals surface area contributed by atoms with Gasteiger partial charge in [0.15, 0.2) is 5.78 Å². The molecule has 0 aromatic heterocycles. The van der Waals surface area contributed by atoms with Gasteiger partial charge in [0.05, 0.1) is 0 Å². The van der Waals surface area contributed by atoms with E-state index in [1.807, 2.05) is 32.1 Å². The minimum Gasteiger partial charge on any atom is -0.478 e. The molecule has 29 heavy (non-hydrogen) atoms. The monoisotopic (exact) mass is 396 g/mol. The van der Waals surface area contributed by atoms with Crippen LogP contribution >= 0.6 is 0 Å². The van der Waals surface area contributed by atoms with E-state index in [4.69, 9.17) is 5.11 Å². The van der Waals surface area contributed by atoms with Crippen molar-refractivity contribution in [2.45, 2.75) is 66.2 Å². The third kappa shape index (κ3) is 3.94. The topological polar surface area (TPSA) is 71.4 Å². The molecule has 0 aromatic rings. The highest BCUT2D eigenvalue weighted by Crippen LogP contribution is 2.65. The van der Waals surface area contributed by atoms with Gasteiger partial charge in [-0.2, -0.15) is 0 Å². The lowest BCUT2D eigenvalue weighted by Crippen LogP contribution is -2.49. The van der Waals surface area contributed by atoms with Crippen molar-refractivity contribution in [2.75, 3.05) is 0 Å². The Bertz CT molecular complexity index is 856. The molecule has 3 fully saturated rings. The normalized spacial score (nSPS) is 37.2. The van der Waals surface area contributed by atoms with Crippen molar-refractivity contribution in [1.29, 1.82) is 0 Å². The Kier molecular flexibility index (Phi) is 5.84. The summed E-state index contributed by atoms with van der Waals surface area (Å²) in [4.78, 5) is 35.7. The van der Waals surface area contributed by atoms with Crippen molar-refractivity contribution in [2.24, 2.45) is 22.7 Å². The van der Waals surface area contributed by atoms with Crippen molar-refractivity contribution in [1.82, 2.24) is 0 Å². The molecule has 3 aliphatic rings. The molecule has 0 heterocycles. The summed E-state index contributed by atoms with van der Waals surface area (Å²) in [5, 5.41) is 8.71. The SMILES string of the molecule is CC(C=CC(=O)O)=CC=CC(C)=C1C(=O)CC2C1(C)CCC1CC(=O)CCC12C. The van der Waals surface area contributed by atoms with Crippen LogP contribution in [0.15, 0.2) is 47.1 Å². The first kappa shape index (κ1) is 21.5. The molecule has 0 saturated heterocycles. The van der Waals surface area contributed by atoms with Crippen LogP contribution in [0.2, 0.25) is 0 Å². The Morgan fingerprint density at radius 1 is 1.07 bits per heavy atom. The summed E-state index contributed by atoms with van der Waals surface area (Å²) in [5.74, 6) is 0.392. The van der Waals surface area contributed by atoms with Gasteiger partial charge in [-0.25, -0.2) is 4.79 Å². The van der Waals surface area contributed by atoms with Gasteiger partial charge in [0.1, 0.15) is 5.78 Å². The predicted molar refractivity (Wildman–Crippen MR) is 113 cm³/mol. The van der Waals surface area contributed by atoms with Gasteiger partial charge >= 0.3 is 5.97 Å². The Hall–Kier alpha value is -2.23. The second-order valence-corrected chi connectivity index (χ2v) is 9.58. The average molecular weight is 397 g/mol.